The van der Waals surface area contributed by atoms with Crippen molar-refractivity contribution >= 4 is 27.6 Å². The van der Waals surface area contributed by atoms with Gasteiger partial charge in [-0.05, 0) is 53.4 Å². The molecule has 0 amide bonds. The van der Waals surface area contributed by atoms with Crippen molar-refractivity contribution in [2.45, 2.75) is 25.9 Å². The number of halogens is 1. The summed E-state index contributed by atoms with van der Waals surface area (Å²) in [6.45, 7) is 2.01. The highest BCUT2D eigenvalue weighted by molar-refractivity contribution is 9.10. The summed E-state index contributed by atoms with van der Waals surface area (Å²) in [5.74, 6) is 1.97. The lowest BCUT2D eigenvalue weighted by Gasteiger charge is -2.07. The van der Waals surface area contributed by atoms with Gasteiger partial charge in [0.05, 0.1) is 0 Å². The lowest BCUT2D eigenvalue weighted by Crippen LogP contribution is -2.02. The minimum Gasteiger partial charge on any atom is -0.473 e. The van der Waals surface area contributed by atoms with Crippen LogP contribution in [0.1, 0.15) is 18.4 Å². The van der Waals surface area contributed by atoms with Crippen molar-refractivity contribution in [2.24, 2.45) is 0 Å². The molecule has 0 spiro atoms. The summed E-state index contributed by atoms with van der Waals surface area (Å²) in [6, 6.07) is 5.60. The number of aryl methyl sites for hydroxylation is 1. The minimum absolute atomic E-state index is 0.337. The molecule has 19 heavy (non-hydrogen) atoms. The third-order valence-electron chi connectivity index (χ3n) is 2.75. The number of aromatic nitrogens is 3. The number of rotatable bonds is 4. The van der Waals surface area contributed by atoms with Crippen LogP contribution in [0.2, 0.25) is 0 Å². The summed E-state index contributed by atoms with van der Waals surface area (Å²) in [5, 5.41) is 11.2. The zero-order valence-corrected chi connectivity index (χ0v) is 12.0. The summed E-state index contributed by atoms with van der Waals surface area (Å²) >= 11 is 3.42. The van der Waals surface area contributed by atoms with Crippen LogP contribution in [0, 0.1) is 6.92 Å². The van der Waals surface area contributed by atoms with E-state index in [0.29, 0.717) is 17.8 Å². The number of nitrogens with zero attached hydrogens (tertiary/aromatic N) is 3. The molecule has 2 aromatic rings. The van der Waals surface area contributed by atoms with E-state index < -0.39 is 0 Å². The number of anilines is 2. The van der Waals surface area contributed by atoms with E-state index in [-0.39, 0.29) is 0 Å². The molecule has 1 aliphatic carbocycles. The third kappa shape index (κ3) is 3.20. The van der Waals surface area contributed by atoms with Crippen molar-refractivity contribution < 1.29 is 4.74 Å². The standard InChI is InChI=1S/C13H13BrN4O/c1-8-6-12(15-7-10(8)14)16-11-4-5-13(18-17-11)19-9-2-3-9/h4-7,9H,2-3H2,1H3,(H,15,16,17). The summed E-state index contributed by atoms with van der Waals surface area (Å²) in [5.41, 5.74) is 1.11. The number of pyridine rings is 1. The van der Waals surface area contributed by atoms with E-state index in [4.69, 9.17) is 4.74 Å². The number of hydrogen-bond donors (Lipinski definition) is 1. The van der Waals surface area contributed by atoms with Crippen LogP contribution in [0.25, 0.3) is 0 Å². The Morgan fingerprint density at radius 3 is 2.74 bits per heavy atom. The number of ether oxygens (including phenoxy) is 1. The lowest BCUT2D eigenvalue weighted by molar-refractivity contribution is 0.287. The zero-order valence-electron chi connectivity index (χ0n) is 10.4. The molecule has 0 aromatic carbocycles. The molecule has 3 rings (SSSR count). The Morgan fingerprint density at radius 1 is 1.26 bits per heavy atom. The Kier molecular flexibility index (Phi) is 3.33. The molecule has 1 fully saturated rings. The Morgan fingerprint density at radius 2 is 2.11 bits per heavy atom. The van der Waals surface area contributed by atoms with Crippen molar-refractivity contribution in [2.75, 3.05) is 5.32 Å². The summed E-state index contributed by atoms with van der Waals surface area (Å²) in [7, 11) is 0. The summed E-state index contributed by atoms with van der Waals surface area (Å²) in [6.07, 6.45) is 4.33. The average molecular weight is 321 g/mol. The van der Waals surface area contributed by atoms with Crippen molar-refractivity contribution in [3.8, 4) is 5.88 Å². The third-order valence-corrected chi connectivity index (χ3v) is 3.59. The molecule has 0 bridgehead atoms. The largest absolute Gasteiger partial charge is 0.473 e. The topological polar surface area (TPSA) is 59.9 Å². The molecule has 0 unspecified atom stereocenters. The maximum absolute atomic E-state index is 5.54. The van der Waals surface area contributed by atoms with Crippen LogP contribution in [0.4, 0.5) is 11.6 Å². The Balaban J connectivity index is 1.69. The second kappa shape index (κ2) is 5.13. The van der Waals surface area contributed by atoms with Crippen molar-refractivity contribution in [3.63, 3.8) is 0 Å². The van der Waals surface area contributed by atoms with Crippen LogP contribution in [0.15, 0.2) is 28.9 Å². The highest BCUT2D eigenvalue weighted by Crippen LogP contribution is 2.25. The molecule has 98 valence electrons. The smallest absolute Gasteiger partial charge is 0.233 e. The molecular weight excluding hydrogens is 308 g/mol. The van der Waals surface area contributed by atoms with Gasteiger partial charge in [0.25, 0.3) is 0 Å². The first-order valence-electron chi connectivity index (χ1n) is 6.10. The average Bonchev–Trinajstić information content (AvgIpc) is 3.20. The van der Waals surface area contributed by atoms with Gasteiger partial charge in [-0.3, -0.25) is 0 Å². The van der Waals surface area contributed by atoms with Gasteiger partial charge < -0.3 is 10.1 Å². The number of nitrogens with one attached hydrogen (secondary N) is 1. The van der Waals surface area contributed by atoms with Gasteiger partial charge in [-0.25, -0.2) is 4.98 Å². The first kappa shape index (κ1) is 12.3. The minimum atomic E-state index is 0.337. The quantitative estimate of drug-likeness (QED) is 0.937. The first-order chi connectivity index (χ1) is 9.20. The fourth-order valence-electron chi connectivity index (χ4n) is 1.55. The predicted molar refractivity (Wildman–Crippen MR) is 75.6 cm³/mol. The molecule has 2 heterocycles. The Bertz CT molecular complexity index is 584. The predicted octanol–water partition coefficient (Wildman–Crippen LogP) is 3.23. The maximum atomic E-state index is 5.54. The van der Waals surface area contributed by atoms with E-state index in [2.05, 4.69) is 36.4 Å². The molecule has 6 heteroatoms. The molecule has 1 N–H and O–H groups in total. The van der Waals surface area contributed by atoms with E-state index in [9.17, 15) is 0 Å². The molecule has 5 nitrogen and oxygen atoms in total. The molecule has 1 saturated carbocycles. The monoisotopic (exact) mass is 320 g/mol. The highest BCUT2D eigenvalue weighted by Gasteiger charge is 2.24. The van der Waals surface area contributed by atoms with E-state index >= 15 is 0 Å². The molecule has 0 radical (unpaired) electrons. The van der Waals surface area contributed by atoms with Gasteiger partial charge >= 0.3 is 0 Å². The van der Waals surface area contributed by atoms with Gasteiger partial charge in [0, 0.05) is 16.7 Å². The van der Waals surface area contributed by atoms with Crippen LogP contribution < -0.4 is 10.1 Å². The van der Waals surface area contributed by atoms with Crippen LogP contribution in [0.3, 0.4) is 0 Å². The molecule has 0 aliphatic heterocycles. The van der Waals surface area contributed by atoms with E-state index in [1.807, 2.05) is 25.1 Å². The molecule has 0 saturated heterocycles. The van der Waals surface area contributed by atoms with Gasteiger partial charge in [-0.15, -0.1) is 10.2 Å². The highest BCUT2D eigenvalue weighted by atomic mass is 79.9. The molecule has 2 aromatic heterocycles. The van der Waals surface area contributed by atoms with Crippen LogP contribution in [0.5, 0.6) is 5.88 Å². The molecule has 1 aliphatic rings. The van der Waals surface area contributed by atoms with Crippen molar-refractivity contribution in [3.05, 3.63) is 34.4 Å². The van der Waals surface area contributed by atoms with Crippen LogP contribution >= 0.6 is 15.9 Å². The van der Waals surface area contributed by atoms with E-state index in [1.54, 1.807) is 6.20 Å². The maximum Gasteiger partial charge on any atom is 0.233 e. The van der Waals surface area contributed by atoms with Crippen LogP contribution in [-0.4, -0.2) is 21.3 Å². The lowest BCUT2D eigenvalue weighted by atomic mass is 10.3. The zero-order chi connectivity index (χ0) is 13.2. The van der Waals surface area contributed by atoms with E-state index in [0.717, 1.165) is 28.7 Å². The number of hydrogen-bond acceptors (Lipinski definition) is 5. The summed E-state index contributed by atoms with van der Waals surface area (Å²) in [4.78, 5) is 4.26. The van der Waals surface area contributed by atoms with E-state index in [1.165, 1.54) is 0 Å². The van der Waals surface area contributed by atoms with Crippen molar-refractivity contribution in [1.29, 1.82) is 0 Å². The Hall–Kier alpha value is -1.69. The van der Waals surface area contributed by atoms with Gasteiger partial charge in [0.2, 0.25) is 5.88 Å². The SMILES string of the molecule is Cc1cc(Nc2ccc(OC3CC3)nn2)ncc1Br. The fraction of sp³-hybridized carbons (Fsp3) is 0.308. The molecule has 0 atom stereocenters. The second-order valence-electron chi connectivity index (χ2n) is 4.52. The van der Waals surface area contributed by atoms with Gasteiger partial charge in [-0.1, -0.05) is 0 Å². The van der Waals surface area contributed by atoms with Gasteiger partial charge in [-0.2, -0.15) is 0 Å². The van der Waals surface area contributed by atoms with Crippen LogP contribution in [-0.2, 0) is 0 Å². The fourth-order valence-corrected chi connectivity index (χ4v) is 1.76. The molecular formula is C13H13BrN4O. The summed E-state index contributed by atoms with van der Waals surface area (Å²) < 4.78 is 6.53. The normalized spacial score (nSPS) is 14.2. The van der Waals surface area contributed by atoms with Gasteiger partial charge in [0.1, 0.15) is 11.9 Å². The van der Waals surface area contributed by atoms with Gasteiger partial charge in [0.15, 0.2) is 5.82 Å². The second-order valence-corrected chi connectivity index (χ2v) is 5.37. The van der Waals surface area contributed by atoms with Crippen molar-refractivity contribution in [1.82, 2.24) is 15.2 Å². The Labute approximate surface area is 119 Å². The first-order valence-corrected chi connectivity index (χ1v) is 6.89.